The van der Waals surface area contributed by atoms with E-state index in [-0.39, 0.29) is 11.4 Å². The van der Waals surface area contributed by atoms with E-state index in [4.69, 9.17) is 4.42 Å². The van der Waals surface area contributed by atoms with Gasteiger partial charge in [0, 0.05) is 18.8 Å². The van der Waals surface area contributed by atoms with Gasteiger partial charge < -0.3 is 9.73 Å². The zero-order valence-electron chi connectivity index (χ0n) is 15.5. The molecular formula is C21H27N3O2. The molecule has 0 radical (unpaired) electrons. The van der Waals surface area contributed by atoms with Gasteiger partial charge in [0.15, 0.2) is 0 Å². The van der Waals surface area contributed by atoms with Gasteiger partial charge in [-0.3, -0.25) is 4.79 Å². The summed E-state index contributed by atoms with van der Waals surface area (Å²) < 4.78 is 5.79. The van der Waals surface area contributed by atoms with Gasteiger partial charge in [0.2, 0.25) is 17.7 Å². The van der Waals surface area contributed by atoms with Crippen molar-refractivity contribution < 1.29 is 9.21 Å². The Labute approximate surface area is 154 Å². The van der Waals surface area contributed by atoms with Crippen LogP contribution in [-0.2, 0) is 23.2 Å². The molecule has 5 nitrogen and oxygen atoms in total. The van der Waals surface area contributed by atoms with Crippen LogP contribution < -0.4 is 5.32 Å². The predicted molar refractivity (Wildman–Crippen MR) is 98.7 cm³/mol. The molecule has 0 saturated heterocycles. The van der Waals surface area contributed by atoms with Gasteiger partial charge in [0.25, 0.3) is 0 Å². The number of aromatic nitrogens is 2. The summed E-state index contributed by atoms with van der Waals surface area (Å²) in [7, 11) is 0. The summed E-state index contributed by atoms with van der Waals surface area (Å²) in [5, 5.41) is 11.6. The Morgan fingerprint density at radius 1 is 1.23 bits per heavy atom. The van der Waals surface area contributed by atoms with E-state index in [1.54, 1.807) is 0 Å². The van der Waals surface area contributed by atoms with Crippen molar-refractivity contribution in [2.45, 2.75) is 76.2 Å². The summed E-state index contributed by atoms with van der Waals surface area (Å²) in [5.41, 5.74) is 2.32. The maximum atomic E-state index is 12.6. The highest BCUT2D eigenvalue weighted by molar-refractivity contribution is 5.77. The van der Waals surface area contributed by atoms with Gasteiger partial charge in [-0.15, -0.1) is 10.2 Å². The number of carbonyl (C=O) groups excluding carboxylic acids is 1. The number of nitrogens with one attached hydrogen (secondary N) is 1. The summed E-state index contributed by atoms with van der Waals surface area (Å²) in [5.74, 6) is 1.80. The molecule has 1 unspecified atom stereocenters. The van der Waals surface area contributed by atoms with Crippen molar-refractivity contribution in [3.05, 3.63) is 47.2 Å². The fraction of sp³-hybridized carbons (Fsp3) is 0.571. The molecule has 4 rings (SSSR count). The van der Waals surface area contributed by atoms with Gasteiger partial charge in [0.1, 0.15) is 0 Å². The van der Waals surface area contributed by atoms with E-state index in [0.29, 0.717) is 24.7 Å². The molecule has 0 bridgehead atoms. The molecule has 0 aliphatic heterocycles. The number of carbonyl (C=O) groups is 1. The van der Waals surface area contributed by atoms with Crippen LogP contribution in [0.5, 0.6) is 0 Å². The zero-order chi connectivity index (χ0) is 18.0. The van der Waals surface area contributed by atoms with Crippen molar-refractivity contribution in [3.63, 3.8) is 0 Å². The molecule has 1 N–H and O–H groups in total. The summed E-state index contributed by atoms with van der Waals surface area (Å²) in [4.78, 5) is 12.6. The second kappa shape index (κ2) is 7.22. The van der Waals surface area contributed by atoms with E-state index in [9.17, 15) is 4.79 Å². The lowest BCUT2D eigenvalue weighted by Crippen LogP contribution is -2.45. The molecule has 0 spiro atoms. The minimum absolute atomic E-state index is 0.0461. The highest BCUT2D eigenvalue weighted by Gasteiger charge is 2.33. The van der Waals surface area contributed by atoms with E-state index in [2.05, 4.69) is 46.7 Å². The van der Waals surface area contributed by atoms with Crippen molar-refractivity contribution in [1.82, 2.24) is 15.5 Å². The van der Waals surface area contributed by atoms with Gasteiger partial charge >= 0.3 is 0 Å². The molecule has 26 heavy (non-hydrogen) atoms. The number of rotatable bonds is 5. The first-order chi connectivity index (χ1) is 12.6. The average Bonchev–Trinajstić information content (AvgIpc) is 3.32. The average molecular weight is 353 g/mol. The summed E-state index contributed by atoms with van der Waals surface area (Å²) in [6.07, 6.45) is 8.81. The molecule has 1 heterocycles. The number of hydrogen-bond acceptors (Lipinski definition) is 4. The topological polar surface area (TPSA) is 68.0 Å². The summed E-state index contributed by atoms with van der Waals surface area (Å²) in [6, 6.07) is 8.43. The smallest absolute Gasteiger partial charge is 0.221 e. The largest absolute Gasteiger partial charge is 0.425 e. The SMILES string of the molecule is CC1(NC(=O)CCc2nnc(C3CCCC3)o2)CCCc2ccccc21. The molecule has 1 saturated carbocycles. The Hall–Kier alpha value is -2.17. The Bertz CT molecular complexity index is 779. The highest BCUT2D eigenvalue weighted by atomic mass is 16.4. The zero-order valence-corrected chi connectivity index (χ0v) is 15.5. The van der Waals surface area contributed by atoms with Crippen molar-refractivity contribution in [1.29, 1.82) is 0 Å². The van der Waals surface area contributed by atoms with Crippen LogP contribution in [-0.4, -0.2) is 16.1 Å². The van der Waals surface area contributed by atoms with Crippen LogP contribution in [0.4, 0.5) is 0 Å². The van der Waals surface area contributed by atoms with E-state index in [0.717, 1.165) is 38.0 Å². The third-order valence-corrected chi connectivity index (χ3v) is 5.90. The second-order valence-electron chi connectivity index (χ2n) is 7.91. The molecular weight excluding hydrogens is 326 g/mol. The summed E-state index contributed by atoms with van der Waals surface area (Å²) >= 11 is 0. The summed E-state index contributed by atoms with van der Waals surface area (Å²) in [6.45, 7) is 2.13. The fourth-order valence-corrected chi connectivity index (χ4v) is 4.47. The van der Waals surface area contributed by atoms with Crippen LogP contribution in [0.25, 0.3) is 0 Å². The maximum Gasteiger partial charge on any atom is 0.221 e. The van der Waals surface area contributed by atoms with Gasteiger partial charge in [0.05, 0.1) is 5.54 Å². The molecule has 1 atom stereocenters. The fourth-order valence-electron chi connectivity index (χ4n) is 4.47. The van der Waals surface area contributed by atoms with Crippen LogP contribution in [0.2, 0.25) is 0 Å². The van der Waals surface area contributed by atoms with Crippen molar-refractivity contribution >= 4 is 5.91 Å². The standard InChI is InChI=1S/C21H27N3O2/c1-21(14-6-10-15-7-4-5-11-17(15)21)22-18(25)12-13-19-23-24-20(26-19)16-8-2-3-9-16/h4-5,7,11,16H,2-3,6,8-10,12-14H2,1H3,(H,22,25). The normalized spacial score (nSPS) is 23.0. The van der Waals surface area contributed by atoms with Crippen molar-refractivity contribution in [2.24, 2.45) is 0 Å². The first-order valence-corrected chi connectivity index (χ1v) is 9.86. The number of hydrogen-bond donors (Lipinski definition) is 1. The van der Waals surface area contributed by atoms with Crippen molar-refractivity contribution in [2.75, 3.05) is 0 Å². The van der Waals surface area contributed by atoms with Crippen LogP contribution in [0.3, 0.4) is 0 Å². The van der Waals surface area contributed by atoms with Gasteiger partial charge in [-0.2, -0.15) is 0 Å². The number of nitrogens with zero attached hydrogens (tertiary/aromatic N) is 2. The maximum absolute atomic E-state index is 12.6. The first kappa shape index (κ1) is 17.3. The Morgan fingerprint density at radius 3 is 2.88 bits per heavy atom. The Balaban J connectivity index is 1.36. The van der Waals surface area contributed by atoms with Crippen molar-refractivity contribution in [3.8, 4) is 0 Å². The Morgan fingerprint density at radius 2 is 2.04 bits per heavy atom. The molecule has 138 valence electrons. The quantitative estimate of drug-likeness (QED) is 0.881. The van der Waals surface area contributed by atoms with Crippen LogP contribution in [0, 0.1) is 0 Å². The minimum Gasteiger partial charge on any atom is -0.425 e. The molecule has 1 aromatic heterocycles. The van der Waals surface area contributed by atoms with E-state index < -0.39 is 0 Å². The first-order valence-electron chi connectivity index (χ1n) is 9.86. The molecule has 2 aliphatic rings. The molecule has 2 aromatic rings. The van der Waals surface area contributed by atoms with E-state index in [1.807, 2.05) is 0 Å². The second-order valence-corrected chi connectivity index (χ2v) is 7.91. The van der Waals surface area contributed by atoms with Crippen LogP contribution >= 0.6 is 0 Å². The lowest BCUT2D eigenvalue weighted by atomic mass is 9.77. The molecule has 1 aromatic carbocycles. The van der Waals surface area contributed by atoms with Crippen LogP contribution in [0.15, 0.2) is 28.7 Å². The lowest BCUT2D eigenvalue weighted by molar-refractivity contribution is -0.123. The van der Waals surface area contributed by atoms with Crippen LogP contribution in [0.1, 0.15) is 80.7 Å². The molecule has 1 fully saturated rings. The van der Waals surface area contributed by atoms with Gasteiger partial charge in [-0.25, -0.2) is 0 Å². The minimum atomic E-state index is -0.282. The third kappa shape index (κ3) is 3.53. The highest BCUT2D eigenvalue weighted by Crippen LogP contribution is 2.35. The van der Waals surface area contributed by atoms with Gasteiger partial charge in [-0.05, 0) is 50.2 Å². The molecule has 2 aliphatic carbocycles. The van der Waals surface area contributed by atoms with E-state index in [1.165, 1.54) is 24.0 Å². The molecule has 5 heteroatoms. The third-order valence-electron chi connectivity index (χ3n) is 5.90. The van der Waals surface area contributed by atoms with E-state index >= 15 is 0 Å². The molecule has 1 amide bonds. The Kier molecular flexibility index (Phi) is 4.79. The predicted octanol–water partition coefficient (Wildman–Crippen LogP) is 4.03. The number of benzene rings is 1. The number of fused-ring (bicyclic) bond motifs is 1. The number of amides is 1. The lowest BCUT2D eigenvalue weighted by Gasteiger charge is -2.37. The monoisotopic (exact) mass is 353 g/mol. The number of aryl methyl sites for hydroxylation is 2. The van der Waals surface area contributed by atoms with Gasteiger partial charge in [-0.1, -0.05) is 37.1 Å².